The third kappa shape index (κ3) is 3.30. The number of hydrogen-bond donors (Lipinski definition) is 0. The SMILES string of the molecule is C=C(CCC)CN1CC=Nc2cc(OC)c(OC)cc2C1=O. The molecule has 0 atom stereocenters. The molecule has 1 amide bonds. The van der Waals surface area contributed by atoms with Crippen molar-refractivity contribution in [2.45, 2.75) is 19.8 Å². The Morgan fingerprint density at radius 2 is 2.00 bits per heavy atom. The summed E-state index contributed by atoms with van der Waals surface area (Å²) in [5.74, 6) is 1.03. The zero-order chi connectivity index (χ0) is 16.1. The summed E-state index contributed by atoms with van der Waals surface area (Å²) in [7, 11) is 3.11. The third-order valence-electron chi connectivity index (χ3n) is 3.57. The molecule has 0 spiro atoms. The highest BCUT2D eigenvalue weighted by Gasteiger charge is 2.23. The standard InChI is InChI=1S/C17H22N2O3/c1-5-6-12(2)11-19-8-7-18-14-10-16(22-4)15(21-3)9-13(14)17(19)20/h7,9-10H,2,5-6,8,11H2,1,3-4H3. The van der Waals surface area contributed by atoms with E-state index in [1.807, 2.05) is 0 Å². The van der Waals surface area contributed by atoms with Crippen LogP contribution in [0.25, 0.3) is 0 Å². The minimum absolute atomic E-state index is 0.0642. The Morgan fingerprint density at radius 1 is 1.32 bits per heavy atom. The van der Waals surface area contributed by atoms with E-state index in [1.165, 1.54) is 0 Å². The molecule has 0 aromatic heterocycles. The van der Waals surface area contributed by atoms with Crippen molar-refractivity contribution in [3.63, 3.8) is 0 Å². The van der Waals surface area contributed by atoms with E-state index >= 15 is 0 Å². The molecule has 0 bridgehead atoms. The minimum Gasteiger partial charge on any atom is -0.493 e. The molecule has 0 N–H and O–H groups in total. The van der Waals surface area contributed by atoms with Gasteiger partial charge in [0.1, 0.15) is 0 Å². The van der Waals surface area contributed by atoms with Crippen LogP contribution in [0.5, 0.6) is 11.5 Å². The van der Waals surface area contributed by atoms with E-state index in [4.69, 9.17) is 9.47 Å². The number of methoxy groups -OCH3 is 2. The molecule has 2 rings (SSSR count). The molecule has 0 fully saturated rings. The second kappa shape index (κ2) is 7.11. The average Bonchev–Trinajstić information content (AvgIpc) is 2.66. The summed E-state index contributed by atoms with van der Waals surface area (Å²) < 4.78 is 10.5. The lowest BCUT2D eigenvalue weighted by molar-refractivity contribution is 0.0795. The molecular weight excluding hydrogens is 280 g/mol. The van der Waals surface area contributed by atoms with Crippen LogP contribution in [0.4, 0.5) is 5.69 Å². The fourth-order valence-corrected chi connectivity index (χ4v) is 2.48. The molecule has 0 aliphatic carbocycles. The maximum atomic E-state index is 12.8. The third-order valence-corrected chi connectivity index (χ3v) is 3.57. The molecular formula is C17H22N2O3. The zero-order valence-corrected chi connectivity index (χ0v) is 13.4. The van der Waals surface area contributed by atoms with Crippen molar-refractivity contribution in [3.8, 4) is 11.5 Å². The molecule has 1 aliphatic rings. The Kier molecular flexibility index (Phi) is 5.20. The molecule has 5 heteroatoms. The van der Waals surface area contributed by atoms with Gasteiger partial charge in [-0.3, -0.25) is 9.79 Å². The number of rotatable bonds is 6. The van der Waals surface area contributed by atoms with Crippen LogP contribution < -0.4 is 9.47 Å². The smallest absolute Gasteiger partial charge is 0.256 e. The van der Waals surface area contributed by atoms with Gasteiger partial charge in [0.25, 0.3) is 5.91 Å². The highest BCUT2D eigenvalue weighted by atomic mass is 16.5. The van der Waals surface area contributed by atoms with Crippen LogP contribution in [0, 0.1) is 0 Å². The molecule has 1 aromatic carbocycles. The zero-order valence-electron chi connectivity index (χ0n) is 13.4. The molecule has 1 heterocycles. The molecule has 0 saturated carbocycles. The van der Waals surface area contributed by atoms with Crippen LogP contribution in [-0.4, -0.2) is 44.3 Å². The number of fused-ring (bicyclic) bond motifs is 1. The van der Waals surface area contributed by atoms with Crippen molar-refractivity contribution < 1.29 is 14.3 Å². The van der Waals surface area contributed by atoms with Gasteiger partial charge in [0.15, 0.2) is 11.5 Å². The van der Waals surface area contributed by atoms with Crippen molar-refractivity contribution in [3.05, 3.63) is 29.8 Å². The minimum atomic E-state index is -0.0642. The van der Waals surface area contributed by atoms with Gasteiger partial charge in [-0.15, -0.1) is 0 Å². The summed E-state index contributed by atoms with van der Waals surface area (Å²) in [6.45, 7) is 7.16. The van der Waals surface area contributed by atoms with Crippen LogP contribution in [0.3, 0.4) is 0 Å². The number of hydrogen-bond acceptors (Lipinski definition) is 4. The van der Waals surface area contributed by atoms with E-state index in [9.17, 15) is 4.79 Å². The highest BCUT2D eigenvalue weighted by Crippen LogP contribution is 2.36. The lowest BCUT2D eigenvalue weighted by Crippen LogP contribution is -2.33. The van der Waals surface area contributed by atoms with Crippen LogP contribution in [0.15, 0.2) is 29.3 Å². The van der Waals surface area contributed by atoms with Crippen LogP contribution in [0.1, 0.15) is 30.1 Å². The summed E-state index contributed by atoms with van der Waals surface area (Å²) in [5, 5.41) is 0. The first-order chi connectivity index (χ1) is 10.6. The Hall–Kier alpha value is -2.30. The summed E-state index contributed by atoms with van der Waals surface area (Å²) >= 11 is 0. The van der Waals surface area contributed by atoms with Crippen molar-refractivity contribution in [1.29, 1.82) is 0 Å². The number of benzene rings is 1. The van der Waals surface area contributed by atoms with Gasteiger partial charge in [0.05, 0.1) is 32.0 Å². The van der Waals surface area contributed by atoms with Gasteiger partial charge in [-0.25, -0.2) is 0 Å². The normalized spacial score (nSPS) is 13.6. The van der Waals surface area contributed by atoms with Gasteiger partial charge in [0.2, 0.25) is 0 Å². The number of ether oxygens (including phenoxy) is 2. The predicted octanol–water partition coefficient (Wildman–Crippen LogP) is 3.22. The van der Waals surface area contributed by atoms with E-state index in [0.29, 0.717) is 35.8 Å². The van der Waals surface area contributed by atoms with E-state index in [0.717, 1.165) is 18.4 Å². The Morgan fingerprint density at radius 3 is 2.64 bits per heavy atom. The first kappa shape index (κ1) is 16.1. The number of aliphatic imine (C=N–C) groups is 1. The first-order valence-electron chi connectivity index (χ1n) is 7.35. The molecule has 22 heavy (non-hydrogen) atoms. The maximum absolute atomic E-state index is 12.8. The summed E-state index contributed by atoms with van der Waals surface area (Å²) in [5.41, 5.74) is 2.18. The fraction of sp³-hybridized carbons (Fsp3) is 0.412. The van der Waals surface area contributed by atoms with Crippen LogP contribution in [0.2, 0.25) is 0 Å². The lowest BCUT2D eigenvalue weighted by Gasteiger charge is -2.21. The number of nitrogens with zero attached hydrogens (tertiary/aromatic N) is 2. The van der Waals surface area contributed by atoms with Gasteiger partial charge in [-0.1, -0.05) is 25.5 Å². The van der Waals surface area contributed by atoms with E-state index in [2.05, 4.69) is 18.5 Å². The monoisotopic (exact) mass is 302 g/mol. The van der Waals surface area contributed by atoms with E-state index < -0.39 is 0 Å². The van der Waals surface area contributed by atoms with Gasteiger partial charge < -0.3 is 14.4 Å². The quantitative estimate of drug-likeness (QED) is 0.758. The molecule has 1 aromatic rings. The summed E-state index contributed by atoms with van der Waals surface area (Å²) in [6.07, 6.45) is 3.69. The van der Waals surface area contributed by atoms with Crippen molar-refractivity contribution >= 4 is 17.8 Å². The van der Waals surface area contributed by atoms with E-state index in [-0.39, 0.29) is 5.91 Å². The largest absolute Gasteiger partial charge is 0.493 e. The molecule has 0 unspecified atom stereocenters. The van der Waals surface area contributed by atoms with E-state index in [1.54, 1.807) is 37.5 Å². The summed E-state index contributed by atoms with van der Waals surface area (Å²) in [6, 6.07) is 3.42. The lowest BCUT2D eigenvalue weighted by atomic mass is 10.1. The van der Waals surface area contributed by atoms with Gasteiger partial charge in [0, 0.05) is 18.8 Å². The van der Waals surface area contributed by atoms with Crippen LogP contribution >= 0.6 is 0 Å². The summed E-state index contributed by atoms with van der Waals surface area (Å²) in [4.78, 5) is 18.9. The fourth-order valence-electron chi connectivity index (χ4n) is 2.48. The topological polar surface area (TPSA) is 51.1 Å². The van der Waals surface area contributed by atoms with Crippen LogP contribution in [-0.2, 0) is 0 Å². The molecule has 0 radical (unpaired) electrons. The Bertz CT molecular complexity index is 608. The molecule has 118 valence electrons. The maximum Gasteiger partial charge on any atom is 0.256 e. The molecule has 5 nitrogen and oxygen atoms in total. The predicted molar refractivity (Wildman–Crippen MR) is 87.6 cm³/mol. The Balaban J connectivity index is 2.34. The number of amides is 1. The second-order valence-corrected chi connectivity index (χ2v) is 5.22. The van der Waals surface area contributed by atoms with Crippen molar-refractivity contribution in [2.24, 2.45) is 4.99 Å². The van der Waals surface area contributed by atoms with Crippen molar-refractivity contribution in [2.75, 3.05) is 27.3 Å². The first-order valence-corrected chi connectivity index (χ1v) is 7.35. The molecule has 1 aliphatic heterocycles. The highest BCUT2D eigenvalue weighted by molar-refractivity contribution is 6.02. The number of carbonyl (C=O) groups excluding carboxylic acids is 1. The number of carbonyl (C=O) groups is 1. The second-order valence-electron chi connectivity index (χ2n) is 5.22. The molecule has 0 saturated heterocycles. The van der Waals surface area contributed by atoms with Gasteiger partial charge >= 0.3 is 0 Å². The Labute approximate surface area is 131 Å². The van der Waals surface area contributed by atoms with Gasteiger partial charge in [-0.2, -0.15) is 0 Å². The average molecular weight is 302 g/mol. The van der Waals surface area contributed by atoms with Crippen molar-refractivity contribution in [1.82, 2.24) is 4.90 Å². The van der Waals surface area contributed by atoms with Gasteiger partial charge in [-0.05, 0) is 12.5 Å².